The molecule has 0 aliphatic rings. The molecule has 0 radical (unpaired) electrons. The SMILES string of the molecule is Cc1cnc(CNS(=O)(=O)c2c(C(=O)O)n[nH]c2C)cn1. The van der Waals surface area contributed by atoms with Crippen molar-refractivity contribution in [1.29, 1.82) is 0 Å². The maximum absolute atomic E-state index is 12.2. The molecule has 2 rings (SSSR count). The van der Waals surface area contributed by atoms with Crippen LogP contribution in [0.15, 0.2) is 17.3 Å². The van der Waals surface area contributed by atoms with Crippen molar-refractivity contribution in [3.05, 3.63) is 35.2 Å². The summed E-state index contributed by atoms with van der Waals surface area (Å²) in [6.07, 6.45) is 2.95. The zero-order valence-electron chi connectivity index (χ0n) is 11.3. The number of sulfonamides is 1. The lowest BCUT2D eigenvalue weighted by atomic mass is 10.4. The van der Waals surface area contributed by atoms with Crippen LogP contribution in [0, 0.1) is 13.8 Å². The highest BCUT2D eigenvalue weighted by molar-refractivity contribution is 7.89. The van der Waals surface area contributed by atoms with Gasteiger partial charge in [-0.1, -0.05) is 0 Å². The van der Waals surface area contributed by atoms with E-state index < -0.39 is 21.7 Å². The maximum Gasteiger partial charge on any atom is 0.357 e. The van der Waals surface area contributed by atoms with E-state index >= 15 is 0 Å². The van der Waals surface area contributed by atoms with E-state index in [9.17, 15) is 13.2 Å². The summed E-state index contributed by atoms with van der Waals surface area (Å²) >= 11 is 0. The number of carbonyl (C=O) groups is 1. The Hall–Kier alpha value is -2.33. The molecule has 0 aromatic carbocycles. The number of nitrogens with one attached hydrogen (secondary N) is 2. The highest BCUT2D eigenvalue weighted by Gasteiger charge is 2.28. The number of aromatic nitrogens is 4. The summed E-state index contributed by atoms with van der Waals surface area (Å²) < 4.78 is 26.7. The molecule has 21 heavy (non-hydrogen) atoms. The third-order valence-electron chi connectivity index (χ3n) is 2.64. The highest BCUT2D eigenvalue weighted by atomic mass is 32.2. The van der Waals surface area contributed by atoms with E-state index in [2.05, 4.69) is 24.9 Å². The van der Waals surface area contributed by atoms with Gasteiger partial charge >= 0.3 is 5.97 Å². The summed E-state index contributed by atoms with van der Waals surface area (Å²) in [6.45, 7) is 3.09. The van der Waals surface area contributed by atoms with Crippen LogP contribution in [0.25, 0.3) is 0 Å². The van der Waals surface area contributed by atoms with Crippen molar-refractivity contribution in [3.63, 3.8) is 0 Å². The van der Waals surface area contributed by atoms with Crippen molar-refractivity contribution in [1.82, 2.24) is 24.9 Å². The molecule has 0 bridgehead atoms. The zero-order valence-corrected chi connectivity index (χ0v) is 12.1. The van der Waals surface area contributed by atoms with Gasteiger partial charge in [0, 0.05) is 6.20 Å². The van der Waals surface area contributed by atoms with E-state index in [4.69, 9.17) is 5.11 Å². The molecule has 2 heterocycles. The molecule has 3 N–H and O–H groups in total. The molecule has 0 aliphatic carbocycles. The summed E-state index contributed by atoms with van der Waals surface area (Å²) in [5.41, 5.74) is 0.729. The molecule has 9 nitrogen and oxygen atoms in total. The van der Waals surface area contributed by atoms with Crippen LogP contribution in [0.2, 0.25) is 0 Å². The lowest BCUT2D eigenvalue weighted by molar-refractivity contribution is 0.0686. The third kappa shape index (κ3) is 3.23. The number of rotatable bonds is 5. The van der Waals surface area contributed by atoms with Gasteiger partial charge < -0.3 is 5.11 Å². The van der Waals surface area contributed by atoms with Crippen LogP contribution in [-0.2, 0) is 16.6 Å². The number of H-pyrrole nitrogens is 1. The predicted octanol–water partition coefficient (Wildman–Crippen LogP) is -0.00676. The fraction of sp³-hybridized carbons (Fsp3) is 0.273. The van der Waals surface area contributed by atoms with E-state index in [0.29, 0.717) is 11.4 Å². The first-order chi connectivity index (χ1) is 9.81. The first-order valence-electron chi connectivity index (χ1n) is 5.86. The zero-order chi connectivity index (χ0) is 15.6. The maximum atomic E-state index is 12.2. The van der Waals surface area contributed by atoms with Crippen LogP contribution in [0.4, 0.5) is 0 Å². The van der Waals surface area contributed by atoms with Crippen molar-refractivity contribution in [2.75, 3.05) is 0 Å². The molecule has 0 fully saturated rings. The van der Waals surface area contributed by atoms with Crippen LogP contribution >= 0.6 is 0 Å². The molecule has 0 spiro atoms. The predicted molar refractivity (Wildman–Crippen MR) is 71.1 cm³/mol. The van der Waals surface area contributed by atoms with Gasteiger partial charge in [0.2, 0.25) is 10.0 Å². The molecule has 2 aromatic heterocycles. The Labute approximate surface area is 120 Å². The van der Waals surface area contributed by atoms with Gasteiger partial charge in [0.05, 0.1) is 29.8 Å². The second-order valence-electron chi connectivity index (χ2n) is 4.31. The van der Waals surface area contributed by atoms with Gasteiger partial charge in [0.1, 0.15) is 4.90 Å². The normalized spacial score (nSPS) is 11.5. The largest absolute Gasteiger partial charge is 0.476 e. The molecule has 0 amide bonds. The van der Waals surface area contributed by atoms with Crippen molar-refractivity contribution >= 4 is 16.0 Å². The van der Waals surface area contributed by atoms with Gasteiger partial charge in [-0.3, -0.25) is 15.1 Å². The quantitative estimate of drug-likeness (QED) is 0.706. The van der Waals surface area contributed by atoms with E-state index in [1.807, 2.05) is 0 Å². The molecule has 112 valence electrons. The number of aromatic carboxylic acids is 1. The Morgan fingerprint density at radius 3 is 2.62 bits per heavy atom. The average molecular weight is 311 g/mol. The van der Waals surface area contributed by atoms with E-state index in [-0.39, 0.29) is 17.1 Å². The number of carboxylic acid groups (broad SMARTS) is 1. The summed E-state index contributed by atoms with van der Waals surface area (Å²) in [5, 5.41) is 14.8. The van der Waals surface area contributed by atoms with E-state index in [1.54, 1.807) is 6.92 Å². The van der Waals surface area contributed by atoms with E-state index in [1.165, 1.54) is 19.3 Å². The van der Waals surface area contributed by atoms with Gasteiger partial charge in [-0.25, -0.2) is 17.9 Å². The van der Waals surface area contributed by atoms with Gasteiger partial charge in [0.25, 0.3) is 0 Å². The lowest BCUT2D eigenvalue weighted by Gasteiger charge is -2.06. The Bertz CT molecular complexity index is 766. The Morgan fingerprint density at radius 1 is 1.33 bits per heavy atom. The summed E-state index contributed by atoms with van der Waals surface area (Å²) in [7, 11) is -4.02. The number of aromatic amines is 1. The second-order valence-corrected chi connectivity index (χ2v) is 6.01. The first-order valence-corrected chi connectivity index (χ1v) is 7.35. The molecule has 0 aliphatic heterocycles. The standard InChI is InChI=1S/C11H13N5O4S/c1-6-3-13-8(4-12-6)5-14-21(19,20)10-7(2)15-16-9(10)11(17)18/h3-4,14H,5H2,1-2H3,(H,15,16)(H,17,18). The Kier molecular flexibility index (Phi) is 4.00. The van der Waals surface area contributed by atoms with Crippen molar-refractivity contribution in [2.24, 2.45) is 0 Å². The topological polar surface area (TPSA) is 138 Å². The fourth-order valence-corrected chi connectivity index (χ4v) is 2.96. The van der Waals surface area contributed by atoms with Crippen molar-refractivity contribution in [2.45, 2.75) is 25.3 Å². The Balaban J connectivity index is 2.25. The lowest BCUT2D eigenvalue weighted by Crippen LogP contribution is -2.25. The summed E-state index contributed by atoms with van der Waals surface area (Å²) in [4.78, 5) is 18.6. The number of aryl methyl sites for hydroxylation is 2. The number of hydrogen-bond acceptors (Lipinski definition) is 6. The summed E-state index contributed by atoms with van der Waals surface area (Å²) in [6, 6.07) is 0. The van der Waals surface area contributed by atoms with Crippen LogP contribution < -0.4 is 4.72 Å². The van der Waals surface area contributed by atoms with Crippen molar-refractivity contribution < 1.29 is 18.3 Å². The van der Waals surface area contributed by atoms with Gasteiger partial charge in [-0.2, -0.15) is 5.10 Å². The van der Waals surface area contributed by atoms with Gasteiger partial charge in [-0.15, -0.1) is 0 Å². The third-order valence-corrected chi connectivity index (χ3v) is 4.20. The molecule has 10 heteroatoms. The van der Waals surface area contributed by atoms with Crippen LogP contribution in [-0.4, -0.2) is 39.7 Å². The molecule has 0 saturated heterocycles. The van der Waals surface area contributed by atoms with Crippen molar-refractivity contribution in [3.8, 4) is 0 Å². The van der Waals surface area contributed by atoms with Gasteiger partial charge in [-0.05, 0) is 13.8 Å². The first kappa shape index (κ1) is 15.1. The fourth-order valence-electron chi connectivity index (χ4n) is 1.64. The van der Waals surface area contributed by atoms with Gasteiger partial charge in [0.15, 0.2) is 5.69 Å². The average Bonchev–Trinajstić information content (AvgIpc) is 2.81. The number of carboxylic acids is 1. The highest BCUT2D eigenvalue weighted by Crippen LogP contribution is 2.17. The molecular weight excluding hydrogens is 298 g/mol. The molecule has 0 atom stereocenters. The van der Waals surface area contributed by atoms with Crippen LogP contribution in [0.3, 0.4) is 0 Å². The van der Waals surface area contributed by atoms with E-state index in [0.717, 1.165) is 0 Å². The molecule has 2 aromatic rings. The second kappa shape index (κ2) is 5.58. The molecular formula is C11H13N5O4S. The smallest absolute Gasteiger partial charge is 0.357 e. The summed E-state index contributed by atoms with van der Waals surface area (Å²) in [5.74, 6) is -1.42. The minimum atomic E-state index is -4.02. The minimum Gasteiger partial charge on any atom is -0.476 e. The number of nitrogens with zero attached hydrogens (tertiary/aromatic N) is 3. The minimum absolute atomic E-state index is 0.0979. The monoisotopic (exact) mass is 311 g/mol. The van der Waals surface area contributed by atoms with Crippen LogP contribution in [0.1, 0.15) is 27.6 Å². The molecule has 0 unspecified atom stereocenters. The Morgan fingerprint density at radius 2 is 2.05 bits per heavy atom. The number of hydrogen-bond donors (Lipinski definition) is 3. The van der Waals surface area contributed by atoms with Crippen LogP contribution in [0.5, 0.6) is 0 Å². The molecule has 0 saturated carbocycles.